The van der Waals surface area contributed by atoms with Crippen LogP contribution in [0.2, 0.25) is 0 Å². The number of aromatic nitrogens is 1. The molecule has 0 saturated heterocycles. The Balaban J connectivity index is 1.98. The first-order valence-electron chi connectivity index (χ1n) is 7.89. The molecule has 0 bridgehead atoms. The van der Waals surface area contributed by atoms with E-state index in [1.807, 2.05) is 6.92 Å². The van der Waals surface area contributed by atoms with Crippen LogP contribution in [0.5, 0.6) is 0 Å². The number of carbonyl (C=O) groups excluding carboxylic acids is 1. The van der Waals surface area contributed by atoms with Gasteiger partial charge in [0.25, 0.3) is 0 Å². The Labute approximate surface area is 149 Å². The largest absolute Gasteiger partial charge is 0.360 e. The molecule has 0 atom stereocenters. The second-order valence-corrected chi connectivity index (χ2v) is 9.20. The third-order valence-corrected chi connectivity index (χ3v) is 6.27. The van der Waals surface area contributed by atoms with Crippen LogP contribution in [-0.2, 0) is 15.6 Å². The molecule has 1 fully saturated rings. The standard InChI is InChI=1S/C17H18BrNO4S/c1-2-7-24(21,22)10-12-8-13(18)5-6-14(12)16(20)15-9-19-23-17(15)11-3-4-11/h5-6,8-9,11H,2-4,7,10H2,1H3. The van der Waals surface area contributed by atoms with Gasteiger partial charge in [-0.2, -0.15) is 0 Å². The van der Waals surface area contributed by atoms with Crippen LogP contribution in [-0.4, -0.2) is 25.1 Å². The van der Waals surface area contributed by atoms with Gasteiger partial charge < -0.3 is 4.52 Å². The minimum absolute atomic E-state index is 0.105. The molecule has 1 aromatic heterocycles. The number of benzene rings is 1. The Morgan fingerprint density at radius 3 is 2.75 bits per heavy atom. The highest BCUT2D eigenvalue weighted by Gasteiger charge is 2.33. The maximum atomic E-state index is 12.9. The van der Waals surface area contributed by atoms with Gasteiger partial charge in [-0.05, 0) is 43.0 Å². The highest BCUT2D eigenvalue weighted by atomic mass is 79.9. The minimum Gasteiger partial charge on any atom is -0.360 e. The lowest BCUT2D eigenvalue weighted by atomic mass is 9.99. The molecule has 0 aliphatic heterocycles. The second-order valence-electron chi connectivity index (χ2n) is 6.10. The fourth-order valence-corrected chi connectivity index (χ4v) is 4.62. The number of carbonyl (C=O) groups is 1. The zero-order valence-corrected chi connectivity index (χ0v) is 15.7. The Kier molecular flexibility index (Phi) is 4.92. The van der Waals surface area contributed by atoms with Gasteiger partial charge >= 0.3 is 0 Å². The van der Waals surface area contributed by atoms with Crippen LogP contribution in [0.25, 0.3) is 0 Å². The predicted octanol–water partition coefficient (Wildman–Crippen LogP) is 3.87. The van der Waals surface area contributed by atoms with E-state index in [1.165, 1.54) is 6.20 Å². The Morgan fingerprint density at radius 1 is 1.33 bits per heavy atom. The molecule has 7 heteroatoms. The first-order valence-corrected chi connectivity index (χ1v) is 10.5. The summed E-state index contributed by atoms with van der Waals surface area (Å²) in [6, 6.07) is 5.10. The Hall–Kier alpha value is -1.47. The number of rotatable bonds is 7. The van der Waals surface area contributed by atoms with Crippen LogP contribution >= 0.6 is 15.9 Å². The van der Waals surface area contributed by atoms with Gasteiger partial charge in [-0.1, -0.05) is 28.0 Å². The molecule has 3 rings (SSSR count). The van der Waals surface area contributed by atoms with E-state index in [9.17, 15) is 13.2 Å². The molecule has 1 saturated carbocycles. The lowest BCUT2D eigenvalue weighted by Gasteiger charge is -2.10. The van der Waals surface area contributed by atoms with E-state index in [2.05, 4.69) is 21.1 Å². The topological polar surface area (TPSA) is 77.2 Å². The van der Waals surface area contributed by atoms with Crippen molar-refractivity contribution in [2.45, 2.75) is 37.9 Å². The van der Waals surface area contributed by atoms with E-state index in [0.29, 0.717) is 28.9 Å². The third kappa shape index (κ3) is 3.78. The highest BCUT2D eigenvalue weighted by Crippen LogP contribution is 2.42. The van der Waals surface area contributed by atoms with Crippen LogP contribution in [0, 0.1) is 0 Å². The third-order valence-electron chi connectivity index (χ3n) is 3.99. The normalized spacial score (nSPS) is 14.8. The summed E-state index contributed by atoms with van der Waals surface area (Å²) in [5, 5.41) is 3.76. The molecule has 1 aliphatic rings. The van der Waals surface area contributed by atoms with Crippen molar-refractivity contribution in [2.24, 2.45) is 0 Å². The van der Waals surface area contributed by atoms with Crippen LogP contribution in [0.1, 0.15) is 59.3 Å². The maximum absolute atomic E-state index is 12.9. The summed E-state index contributed by atoms with van der Waals surface area (Å²) in [4.78, 5) is 12.9. The summed E-state index contributed by atoms with van der Waals surface area (Å²) < 4.78 is 30.4. The molecule has 5 nitrogen and oxygen atoms in total. The number of ketones is 1. The molecule has 0 spiro atoms. The van der Waals surface area contributed by atoms with Gasteiger partial charge in [-0.15, -0.1) is 0 Å². The molecule has 0 N–H and O–H groups in total. The lowest BCUT2D eigenvalue weighted by molar-refractivity contribution is 0.103. The smallest absolute Gasteiger partial charge is 0.198 e. The monoisotopic (exact) mass is 411 g/mol. The van der Waals surface area contributed by atoms with Crippen molar-refractivity contribution >= 4 is 31.6 Å². The fourth-order valence-electron chi connectivity index (χ4n) is 2.73. The minimum atomic E-state index is -3.25. The van der Waals surface area contributed by atoms with Crippen LogP contribution < -0.4 is 0 Å². The molecule has 24 heavy (non-hydrogen) atoms. The fraction of sp³-hybridized carbons (Fsp3) is 0.412. The van der Waals surface area contributed by atoms with Crippen molar-refractivity contribution < 1.29 is 17.7 Å². The van der Waals surface area contributed by atoms with Crippen molar-refractivity contribution in [3.8, 4) is 0 Å². The van der Waals surface area contributed by atoms with Crippen molar-refractivity contribution in [3.05, 3.63) is 51.3 Å². The number of hydrogen-bond acceptors (Lipinski definition) is 5. The predicted molar refractivity (Wildman–Crippen MR) is 93.8 cm³/mol. The van der Waals surface area contributed by atoms with Gasteiger partial charge in [0.1, 0.15) is 0 Å². The number of sulfone groups is 1. The highest BCUT2D eigenvalue weighted by molar-refractivity contribution is 9.10. The Morgan fingerprint density at radius 2 is 2.08 bits per heavy atom. The number of hydrogen-bond donors (Lipinski definition) is 0. The summed E-state index contributed by atoms with van der Waals surface area (Å²) in [6.07, 6.45) is 3.97. The molecule has 0 amide bonds. The van der Waals surface area contributed by atoms with E-state index < -0.39 is 9.84 Å². The first-order chi connectivity index (χ1) is 11.4. The van der Waals surface area contributed by atoms with Crippen LogP contribution in [0.15, 0.2) is 33.4 Å². The SMILES string of the molecule is CCCS(=O)(=O)Cc1cc(Br)ccc1C(=O)c1cnoc1C1CC1. The molecule has 1 heterocycles. The van der Waals surface area contributed by atoms with Gasteiger partial charge in [-0.25, -0.2) is 8.42 Å². The number of nitrogens with zero attached hydrogens (tertiary/aromatic N) is 1. The maximum Gasteiger partial charge on any atom is 0.198 e. The van der Waals surface area contributed by atoms with Crippen molar-refractivity contribution in [1.29, 1.82) is 0 Å². The van der Waals surface area contributed by atoms with Crippen molar-refractivity contribution in [2.75, 3.05) is 5.75 Å². The summed E-state index contributed by atoms with van der Waals surface area (Å²) in [5.74, 6) is 0.603. The van der Waals surface area contributed by atoms with E-state index in [0.717, 1.165) is 17.3 Å². The summed E-state index contributed by atoms with van der Waals surface area (Å²) in [6.45, 7) is 1.82. The van der Waals surface area contributed by atoms with Gasteiger partial charge in [0.2, 0.25) is 0 Å². The van der Waals surface area contributed by atoms with Gasteiger partial charge in [0.15, 0.2) is 21.4 Å². The number of halogens is 1. The van der Waals surface area contributed by atoms with Crippen molar-refractivity contribution in [1.82, 2.24) is 5.16 Å². The molecular weight excluding hydrogens is 394 g/mol. The van der Waals surface area contributed by atoms with E-state index >= 15 is 0 Å². The van der Waals surface area contributed by atoms with E-state index in [1.54, 1.807) is 18.2 Å². The molecule has 128 valence electrons. The molecule has 0 unspecified atom stereocenters. The van der Waals surface area contributed by atoms with E-state index in [4.69, 9.17) is 4.52 Å². The average Bonchev–Trinajstić information content (AvgIpc) is 3.23. The van der Waals surface area contributed by atoms with Gasteiger partial charge in [0, 0.05) is 16.0 Å². The molecule has 1 aromatic carbocycles. The van der Waals surface area contributed by atoms with Crippen LogP contribution in [0.4, 0.5) is 0 Å². The lowest BCUT2D eigenvalue weighted by Crippen LogP contribution is -2.13. The van der Waals surface area contributed by atoms with E-state index in [-0.39, 0.29) is 23.2 Å². The van der Waals surface area contributed by atoms with Gasteiger partial charge in [-0.3, -0.25) is 4.79 Å². The average molecular weight is 412 g/mol. The quantitative estimate of drug-likeness (QED) is 0.646. The molecule has 0 radical (unpaired) electrons. The van der Waals surface area contributed by atoms with Gasteiger partial charge in [0.05, 0.1) is 23.3 Å². The summed E-state index contributed by atoms with van der Waals surface area (Å²) in [7, 11) is -3.25. The zero-order valence-electron chi connectivity index (χ0n) is 13.3. The molecule has 2 aromatic rings. The molecular formula is C17H18BrNO4S. The summed E-state index contributed by atoms with van der Waals surface area (Å²) >= 11 is 3.35. The Bertz CT molecular complexity index is 868. The summed E-state index contributed by atoms with van der Waals surface area (Å²) in [5.41, 5.74) is 1.34. The van der Waals surface area contributed by atoms with Crippen molar-refractivity contribution in [3.63, 3.8) is 0 Å². The zero-order chi connectivity index (χ0) is 17.3. The van der Waals surface area contributed by atoms with Crippen LogP contribution in [0.3, 0.4) is 0 Å². The first kappa shape index (κ1) is 17.4. The molecule has 1 aliphatic carbocycles. The second kappa shape index (κ2) is 6.80.